The van der Waals surface area contributed by atoms with Gasteiger partial charge in [-0.2, -0.15) is 0 Å². The highest BCUT2D eigenvalue weighted by Crippen LogP contribution is 2.30. The second kappa shape index (κ2) is 4.78. The molecule has 0 amide bonds. The summed E-state index contributed by atoms with van der Waals surface area (Å²) in [6.45, 7) is 4.81. The highest BCUT2D eigenvalue weighted by Gasteiger charge is 2.32. The summed E-state index contributed by atoms with van der Waals surface area (Å²) in [5, 5.41) is 0. The molecule has 3 nitrogen and oxygen atoms in total. The molecule has 0 spiro atoms. The first-order valence-corrected chi connectivity index (χ1v) is 5.29. The van der Waals surface area contributed by atoms with Crippen LogP contribution in [0.25, 0.3) is 0 Å². The zero-order chi connectivity index (χ0) is 10.6. The molecule has 14 heavy (non-hydrogen) atoms. The summed E-state index contributed by atoms with van der Waals surface area (Å²) in [6.07, 6.45) is 4.15. The number of esters is 1. The maximum atomic E-state index is 11.2. The van der Waals surface area contributed by atoms with Gasteiger partial charge in [0, 0.05) is 6.61 Å². The molecule has 0 bridgehead atoms. The van der Waals surface area contributed by atoms with Gasteiger partial charge in [0.1, 0.15) is 0 Å². The van der Waals surface area contributed by atoms with E-state index < -0.39 is 0 Å². The maximum absolute atomic E-state index is 11.2. The number of ether oxygens (including phenoxy) is 2. The summed E-state index contributed by atoms with van der Waals surface area (Å²) in [5.41, 5.74) is -0.119. The Balaban J connectivity index is 2.44. The third-order valence-corrected chi connectivity index (χ3v) is 2.89. The van der Waals surface area contributed by atoms with Crippen LogP contribution in [0.2, 0.25) is 0 Å². The predicted molar refractivity (Wildman–Crippen MR) is 54.0 cm³/mol. The quantitative estimate of drug-likeness (QED) is 0.655. The Morgan fingerprint density at radius 2 is 2.29 bits per heavy atom. The van der Waals surface area contributed by atoms with Crippen molar-refractivity contribution in [2.45, 2.75) is 45.1 Å². The van der Waals surface area contributed by atoms with E-state index in [0.717, 1.165) is 25.9 Å². The van der Waals surface area contributed by atoms with Crippen molar-refractivity contribution in [1.82, 2.24) is 0 Å². The smallest absolute Gasteiger partial charge is 0.308 e. The Hall–Kier alpha value is -0.570. The lowest BCUT2D eigenvalue weighted by molar-refractivity contribution is -0.149. The fourth-order valence-corrected chi connectivity index (χ4v) is 2.08. The van der Waals surface area contributed by atoms with Crippen LogP contribution in [0, 0.1) is 5.92 Å². The average molecular weight is 200 g/mol. The van der Waals surface area contributed by atoms with Crippen LogP contribution in [0.1, 0.15) is 39.5 Å². The molecule has 0 aromatic heterocycles. The third kappa shape index (κ3) is 2.98. The number of carbonyl (C=O) groups is 1. The molecule has 0 aliphatic carbocycles. The van der Waals surface area contributed by atoms with Crippen molar-refractivity contribution in [3.8, 4) is 0 Å². The molecule has 1 fully saturated rings. The van der Waals surface area contributed by atoms with E-state index in [0.29, 0.717) is 0 Å². The monoisotopic (exact) mass is 200 g/mol. The second-order valence-corrected chi connectivity index (χ2v) is 4.38. The number of rotatable bonds is 3. The van der Waals surface area contributed by atoms with Crippen LogP contribution in [0.15, 0.2) is 0 Å². The van der Waals surface area contributed by atoms with E-state index in [2.05, 4.69) is 6.92 Å². The lowest BCUT2D eigenvalue weighted by Crippen LogP contribution is -2.36. The molecule has 1 rings (SSSR count). The normalized spacial score (nSPS) is 29.6. The maximum Gasteiger partial charge on any atom is 0.308 e. The van der Waals surface area contributed by atoms with Crippen molar-refractivity contribution in [3.05, 3.63) is 0 Å². The molecule has 1 heterocycles. The van der Waals surface area contributed by atoms with Crippen molar-refractivity contribution >= 4 is 5.97 Å². The van der Waals surface area contributed by atoms with Crippen molar-refractivity contribution in [1.29, 1.82) is 0 Å². The molecule has 0 saturated carbocycles. The van der Waals surface area contributed by atoms with Gasteiger partial charge in [0.15, 0.2) is 0 Å². The van der Waals surface area contributed by atoms with E-state index in [1.165, 1.54) is 13.5 Å². The first-order chi connectivity index (χ1) is 6.57. The summed E-state index contributed by atoms with van der Waals surface area (Å²) in [4.78, 5) is 11.2. The summed E-state index contributed by atoms with van der Waals surface area (Å²) < 4.78 is 10.4. The molecule has 1 saturated heterocycles. The Morgan fingerprint density at radius 1 is 1.57 bits per heavy atom. The van der Waals surface area contributed by atoms with Gasteiger partial charge in [-0.3, -0.25) is 4.79 Å². The van der Waals surface area contributed by atoms with Gasteiger partial charge < -0.3 is 9.47 Å². The highest BCUT2D eigenvalue weighted by atomic mass is 16.5. The van der Waals surface area contributed by atoms with E-state index in [1.807, 2.05) is 6.92 Å². The first-order valence-electron chi connectivity index (χ1n) is 5.29. The van der Waals surface area contributed by atoms with Gasteiger partial charge in [0.05, 0.1) is 18.6 Å². The van der Waals surface area contributed by atoms with Crippen molar-refractivity contribution < 1.29 is 14.3 Å². The van der Waals surface area contributed by atoms with E-state index >= 15 is 0 Å². The van der Waals surface area contributed by atoms with E-state index in [4.69, 9.17) is 9.47 Å². The van der Waals surface area contributed by atoms with Gasteiger partial charge in [0.25, 0.3) is 0 Å². The lowest BCUT2D eigenvalue weighted by atomic mass is 9.87. The minimum atomic E-state index is -0.139. The fourth-order valence-electron chi connectivity index (χ4n) is 2.08. The van der Waals surface area contributed by atoms with Gasteiger partial charge in [-0.25, -0.2) is 0 Å². The third-order valence-electron chi connectivity index (χ3n) is 2.89. The van der Waals surface area contributed by atoms with Crippen LogP contribution in [0.3, 0.4) is 0 Å². The zero-order valence-electron chi connectivity index (χ0n) is 9.34. The molecule has 2 unspecified atom stereocenters. The lowest BCUT2D eigenvalue weighted by Gasteiger charge is -2.35. The van der Waals surface area contributed by atoms with E-state index in [9.17, 15) is 4.79 Å². The minimum absolute atomic E-state index is 0.0666. The average Bonchev–Trinajstić information content (AvgIpc) is 2.17. The Morgan fingerprint density at radius 3 is 2.79 bits per heavy atom. The SMILES string of the molecule is COC(=O)C(C)CC1(C)CCCCO1. The Bertz CT molecular complexity index is 195. The number of methoxy groups -OCH3 is 1. The van der Waals surface area contributed by atoms with Gasteiger partial charge in [-0.15, -0.1) is 0 Å². The molecule has 0 aromatic carbocycles. The number of carbonyl (C=O) groups excluding carboxylic acids is 1. The van der Waals surface area contributed by atoms with E-state index in [1.54, 1.807) is 0 Å². The standard InChI is InChI=1S/C11H20O3/c1-9(10(12)13-3)8-11(2)6-4-5-7-14-11/h9H,4-8H2,1-3H3. The molecule has 3 heteroatoms. The molecule has 0 N–H and O–H groups in total. The van der Waals surface area contributed by atoms with Crippen LogP contribution < -0.4 is 0 Å². The molecular formula is C11H20O3. The number of hydrogen-bond donors (Lipinski definition) is 0. The summed E-state index contributed by atoms with van der Waals surface area (Å²) in [6, 6.07) is 0. The van der Waals surface area contributed by atoms with Crippen molar-refractivity contribution in [3.63, 3.8) is 0 Å². The summed E-state index contributed by atoms with van der Waals surface area (Å²) in [5.74, 6) is -0.205. The van der Waals surface area contributed by atoms with Gasteiger partial charge in [-0.1, -0.05) is 6.92 Å². The molecule has 0 aromatic rings. The minimum Gasteiger partial charge on any atom is -0.469 e. The van der Waals surface area contributed by atoms with Crippen LogP contribution in [0.4, 0.5) is 0 Å². The van der Waals surface area contributed by atoms with Crippen LogP contribution in [0.5, 0.6) is 0 Å². The number of hydrogen-bond acceptors (Lipinski definition) is 3. The van der Waals surface area contributed by atoms with Crippen molar-refractivity contribution in [2.24, 2.45) is 5.92 Å². The predicted octanol–water partition coefficient (Wildman–Crippen LogP) is 2.14. The van der Waals surface area contributed by atoms with Crippen molar-refractivity contribution in [2.75, 3.05) is 13.7 Å². The van der Waals surface area contributed by atoms with Gasteiger partial charge in [0.2, 0.25) is 0 Å². The zero-order valence-corrected chi connectivity index (χ0v) is 9.34. The van der Waals surface area contributed by atoms with Crippen LogP contribution in [-0.4, -0.2) is 25.3 Å². The molecule has 0 radical (unpaired) electrons. The molecule has 82 valence electrons. The largest absolute Gasteiger partial charge is 0.469 e. The Kier molecular flexibility index (Phi) is 3.93. The van der Waals surface area contributed by atoms with E-state index in [-0.39, 0.29) is 17.5 Å². The second-order valence-electron chi connectivity index (χ2n) is 4.38. The molecule has 1 aliphatic rings. The van der Waals surface area contributed by atoms with Crippen LogP contribution >= 0.6 is 0 Å². The summed E-state index contributed by atoms with van der Waals surface area (Å²) >= 11 is 0. The van der Waals surface area contributed by atoms with Gasteiger partial charge in [-0.05, 0) is 32.6 Å². The van der Waals surface area contributed by atoms with Gasteiger partial charge >= 0.3 is 5.97 Å². The topological polar surface area (TPSA) is 35.5 Å². The molecule has 1 aliphatic heterocycles. The molecule has 2 atom stereocenters. The molecular weight excluding hydrogens is 180 g/mol. The van der Waals surface area contributed by atoms with Crippen LogP contribution in [-0.2, 0) is 14.3 Å². The fraction of sp³-hybridized carbons (Fsp3) is 0.909. The highest BCUT2D eigenvalue weighted by molar-refractivity contribution is 5.71. The Labute approximate surface area is 85.8 Å². The first kappa shape index (κ1) is 11.5. The summed E-state index contributed by atoms with van der Waals surface area (Å²) in [7, 11) is 1.43.